The number of aromatic nitrogens is 2. The highest BCUT2D eigenvalue weighted by molar-refractivity contribution is 7.71. The number of methoxy groups -OCH3 is 1. The van der Waals surface area contributed by atoms with E-state index < -0.39 is 0 Å². The first-order chi connectivity index (χ1) is 9.10. The number of hydrogen-bond donors (Lipinski definition) is 1. The van der Waals surface area contributed by atoms with Gasteiger partial charge < -0.3 is 14.3 Å². The number of H-pyrrole nitrogens is 1. The van der Waals surface area contributed by atoms with Crippen molar-refractivity contribution >= 4 is 23.3 Å². The molecule has 0 spiro atoms. The van der Waals surface area contributed by atoms with Gasteiger partial charge in [0.25, 0.3) is 0 Å². The van der Waals surface area contributed by atoms with E-state index in [1.54, 1.807) is 13.2 Å². The molecule has 19 heavy (non-hydrogen) atoms. The quantitative estimate of drug-likeness (QED) is 0.870. The van der Waals surface area contributed by atoms with Crippen molar-refractivity contribution in [1.82, 2.24) is 9.55 Å². The Balaban J connectivity index is 2.70. The maximum Gasteiger partial charge on any atom is 0.178 e. The Kier molecular flexibility index (Phi) is 4.03. The van der Waals surface area contributed by atoms with Crippen LogP contribution in [0, 0.1) is 22.0 Å². The summed E-state index contributed by atoms with van der Waals surface area (Å²) in [6, 6.07) is 7.99. The minimum Gasteiger partial charge on any atom is -0.383 e. The first-order valence-electron chi connectivity index (χ1n) is 6.22. The van der Waals surface area contributed by atoms with Crippen LogP contribution in [0.5, 0.6) is 0 Å². The van der Waals surface area contributed by atoms with Crippen LogP contribution >= 0.6 is 12.2 Å². The molecular weight excluding hydrogens is 258 g/mol. The average Bonchev–Trinajstić information content (AvgIpc) is 2.71. The van der Waals surface area contributed by atoms with Gasteiger partial charge in [0, 0.05) is 7.11 Å². The Morgan fingerprint density at radius 2 is 2.21 bits per heavy atom. The normalized spacial score (nSPS) is 12.8. The van der Waals surface area contributed by atoms with Gasteiger partial charge in [0.1, 0.15) is 6.07 Å². The van der Waals surface area contributed by atoms with Crippen LogP contribution < -0.4 is 0 Å². The fraction of sp³-hybridized carbons (Fsp3) is 0.429. The van der Waals surface area contributed by atoms with E-state index >= 15 is 0 Å². The molecule has 0 saturated heterocycles. The lowest BCUT2D eigenvalue weighted by atomic mass is 10.0. The molecule has 1 aromatic carbocycles. The summed E-state index contributed by atoms with van der Waals surface area (Å²) < 4.78 is 7.99. The largest absolute Gasteiger partial charge is 0.383 e. The molecule has 1 atom stereocenters. The monoisotopic (exact) mass is 275 g/mol. The lowest BCUT2D eigenvalue weighted by Crippen LogP contribution is -2.20. The molecule has 1 unspecified atom stereocenters. The number of para-hydroxylation sites is 1. The van der Waals surface area contributed by atoms with Crippen molar-refractivity contribution in [2.45, 2.75) is 19.9 Å². The minimum absolute atomic E-state index is 0.153. The summed E-state index contributed by atoms with van der Waals surface area (Å²) in [4.78, 5) is 3.14. The zero-order valence-electron chi connectivity index (χ0n) is 11.3. The second-order valence-corrected chi connectivity index (χ2v) is 5.27. The van der Waals surface area contributed by atoms with E-state index in [1.165, 1.54) is 0 Å². The smallest absolute Gasteiger partial charge is 0.178 e. The Morgan fingerprint density at radius 3 is 2.79 bits per heavy atom. The lowest BCUT2D eigenvalue weighted by molar-refractivity contribution is 0.134. The second-order valence-electron chi connectivity index (χ2n) is 4.88. The average molecular weight is 275 g/mol. The number of fused-ring (bicyclic) bond motifs is 1. The molecule has 1 aromatic heterocycles. The van der Waals surface area contributed by atoms with Crippen molar-refractivity contribution in [2.24, 2.45) is 5.92 Å². The highest BCUT2D eigenvalue weighted by atomic mass is 32.1. The van der Waals surface area contributed by atoms with Gasteiger partial charge in [-0.15, -0.1) is 0 Å². The topological polar surface area (TPSA) is 53.7 Å². The molecule has 0 bridgehead atoms. The van der Waals surface area contributed by atoms with Crippen LogP contribution in [0.1, 0.15) is 25.5 Å². The van der Waals surface area contributed by atoms with Crippen molar-refractivity contribution < 1.29 is 4.74 Å². The van der Waals surface area contributed by atoms with Gasteiger partial charge in [-0.2, -0.15) is 5.26 Å². The molecule has 0 radical (unpaired) electrons. The van der Waals surface area contributed by atoms with Crippen LogP contribution in [0.2, 0.25) is 0 Å². The molecule has 100 valence electrons. The van der Waals surface area contributed by atoms with E-state index in [1.807, 2.05) is 12.1 Å². The Labute approximate surface area is 117 Å². The Morgan fingerprint density at radius 1 is 1.47 bits per heavy atom. The van der Waals surface area contributed by atoms with Gasteiger partial charge in [-0.05, 0) is 30.3 Å². The van der Waals surface area contributed by atoms with Gasteiger partial charge in [0.15, 0.2) is 4.77 Å². The van der Waals surface area contributed by atoms with Crippen molar-refractivity contribution in [3.63, 3.8) is 0 Å². The summed E-state index contributed by atoms with van der Waals surface area (Å²) in [5.74, 6) is 0.386. The number of nitrogens with zero attached hydrogens (tertiary/aromatic N) is 2. The summed E-state index contributed by atoms with van der Waals surface area (Å²) in [7, 11) is 1.69. The van der Waals surface area contributed by atoms with Gasteiger partial charge >= 0.3 is 0 Å². The van der Waals surface area contributed by atoms with Crippen LogP contribution in [0.15, 0.2) is 18.2 Å². The first-order valence-corrected chi connectivity index (χ1v) is 6.63. The molecule has 4 nitrogen and oxygen atoms in total. The third-order valence-corrected chi connectivity index (χ3v) is 3.61. The van der Waals surface area contributed by atoms with Gasteiger partial charge in [0.05, 0.1) is 29.2 Å². The van der Waals surface area contributed by atoms with Crippen LogP contribution in [0.4, 0.5) is 0 Å². The van der Waals surface area contributed by atoms with Gasteiger partial charge in [0.2, 0.25) is 0 Å². The summed E-state index contributed by atoms with van der Waals surface area (Å²) in [5, 5.41) is 9.15. The van der Waals surface area contributed by atoms with Crippen molar-refractivity contribution in [3.05, 3.63) is 28.5 Å². The summed E-state index contributed by atoms with van der Waals surface area (Å²) in [6.45, 7) is 4.87. The molecule has 0 aliphatic heterocycles. The third kappa shape index (κ3) is 2.42. The third-order valence-electron chi connectivity index (χ3n) is 3.31. The zero-order valence-corrected chi connectivity index (χ0v) is 12.1. The molecule has 2 aromatic rings. The highest BCUT2D eigenvalue weighted by Gasteiger charge is 2.19. The second kappa shape index (κ2) is 5.55. The fourth-order valence-electron chi connectivity index (χ4n) is 2.31. The van der Waals surface area contributed by atoms with Crippen molar-refractivity contribution in [1.29, 1.82) is 5.26 Å². The van der Waals surface area contributed by atoms with Gasteiger partial charge in [-0.25, -0.2) is 0 Å². The molecule has 0 aliphatic carbocycles. The Hall–Kier alpha value is -1.64. The number of nitriles is 1. The predicted octanol–water partition coefficient (Wildman–Crippen LogP) is 3.41. The molecular formula is C14H17N3OS. The maximum atomic E-state index is 9.15. The summed E-state index contributed by atoms with van der Waals surface area (Å²) >= 11 is 5.41. The summed E-state index contributed by atoms with van der Waals surface area (Å²) in [5.41, 5.74) is 2.37. The molecule has 0 aliphatic rings. The van der Waals surface area contributed by atoms with Crippen molar-refractivity contribution in [2.75, 3.05) is 13.7 Å². The van der Waals surface area contributed by atoms with E-state index in [2.05, 4.69) is 29.5 Å². The number of rotatable bonds is 4. The molecule has 2 rings (SSSR count). The first kappa shape index (κ1) is 13.8. The lowest BCUT2D eigenvalue weighted by Gasteiger charge is -2.22. The SMILES string of the molecule is COCC(C(C)C)n1c(=S)[nH]c2c(C#N)cccc21. The number of aromatic amines is 1. The molecule has 5 heteroatoms. The summed E-state index contributed by atoms with van der Waals surface area (Å²) in [6.07, 6.45) is 0. The van der Waals surface area contributed by atoms with Crippen LogP contribution in [-0.2, 0) is 4.74 Å². The standard InChI is InChI=1S/C14H17N3OS/c1-9(2)12(8-18-3)17-11-6-4-5-10(7-15)13(11)16-14(17)19/h4-6,9,12H,8H2,1-3H3,(H,16,19). The number of hydrogen-bond acceptors (Lipinski definition) is 3. The fourth-order valence-corrected chi connectivity index (χ4v) is 2.64. The molecule has 0 amide bonds. The number of benzene rings is 1. The zero-order chi connectivity index (χ0) is 14.0. The van der Waals surface area contributed by atoms with Gasteiger partial charge in [-0.3, -0.25) is 0 Å². The Bertz CT molecular complexity index is 678. The van der Waals surface area contributed by atoms with E-state index in [-0.39, 0.29) is 6.04 Å². The van der Waals surface area contributed by atoms with E-state index in [0.29, 0.717) is 22.9 Å². The molecule has 1 N–H and O–H groups in total. The van der Waals surface area contributed by atoms with E-state index in [9.17, 15) is 0 Å². The maximum absolute atomic E-state index is 9.15. The minimum atomic E-state index is 0.153. The molecule has 1 heterocycles. The number of nitrogens with one attached hydrogen (secondary N) is 1. The molecule has 0 fully saturated rings. The van der Waals surface area contributed by atoms with Gasteiger partial charge in [-0.1, -0.05) is 19.9 Å². The van der Waals surface area contributed by atoms with Crippen LogP contribution in [-0.4, -0.2) is 23.3 Å². The van der Waals surface area contributed by atoms with Crippen LogP contribution in [0.3, 0.4) is 0 Å². The predicted molar refractivity (Wildman–Crippen MR) is 77.6 cm³/mol. The van der Waals surface area contributed by atoms with E-state index in [4.69, 9.17) is 22.2 Å². The van der Waals surface area contributed by atoms with Crippen LogP contribution in [0.25, 0.3) is 11.0 Å². The van der Waals surface area contributed by atoms with Crippen molar-refractivity contribution in [3.8, 4) is 6.07 Å². The highest BCUT2D eigenvalue weighted by Crippen LogP contribution is 2.26. The number of ether oxygens (including phenoxy) is 1. The number of imidazole rings is 1. The molecule has 0 saturated carbocycles. The van der Waals surface area contributed by atoms with E-state index in [0.717, 1.165) is 11.0 Å².